The Bertz CT molecular complexity index is 453. The summed E-state index contributed by atoms with van der Waals surface area (Å²) < 4.78 is 0. The minimum absolute atomic E-state index is 0.138. The molecule has 138 valence electrons. The summed E-state index contributed by atoms with van der Waals surface area (Å²) in [6.07, 6.45) is 2.09. The van der Waals surface area contributed by atoms with Gasteiger partial charge in [-0.2, -0.15) is 0 Å². The van der Waals surface area contributed by atoms with E-state index in [1.54, 1.807) is 4.90 Å². The van der Waals surface area contributed by atoms with Gasteiger partial charge >= 0.3 is 12.0 Å². The second-order valence-electron chi connectivity index (χ2n) is 7.08. The van der Waals surface area contributed by atoms with Crippen LogP contribution in [0.3, 0.4) is 0 Å². The minimum atomic E-state index is -1.01. The van der Waals surface area contributed by atoms with Crippen LogP contribution >= 0.6 is 0 Å². The first kappa shape index (κ1) is 20.3. The highest BCUT2D eigenvalue weighted by atomic mass is 16.4. The van der Waals surface area contributed by atoms with E-state index in [1.807, 2.05) is 27.7 Å². The SMILES string of the molecule is CC[C@H](C)[C@H](NC(=O)C1CCCN(C(=O)NCC(C)C)C1)C(=O)O. The molecule has 0 aromatic heterocycles. The number of hydrogen-bond acceptors (Lipinski definition) is 3. The van der Waals surface area contributed by atoms with E-state index in [1.165, 1.54) is 0 Å². The molecular weight excluding hydrogens is 310 g/mol. The zero-order valence-electron chi connectivity index (χ0n) is 15.2. The van der Waals surface area contributed by atoms with Crippen LogP contribution in [0.1, 0.15) is 47.0 Å². The molecule has 1 fully saturated rings. The molecule has 7 heteroatoms. The quantitative estimate of drug-likeness (QED) is 0.656. The summed E-state index contributed by atoms with van der Waals surface area (Å²) in [4.78, 5) is 37.6. The molecule has 3 amide bonds. The Balaban J connectivity index is 2.61. The van der Waals surface area contributed by atoms with E-state index in [4.69, 9.17) is 0 Å². The Labute approximate surface area is 144 Å². The molecular formula is C17H31N3O4. The molecule has 24 heavy (non-hydrogen) atoms. The van der Waals surface area contributed by atoms with Gasteiger partial charge in [0.25, 0.3) is 0 Å². The number of carboxylic acid groups (broad SMARTS) is 1. The molecule has 0 saturated carbocycles. The van der Waals surface area contributed by atoms with E-state index >= 15 is 0 Å². The second kappa shape index (κ2) is 9.49. The Kier molecular flexibility index (Phi) is 8.01. The molecule has 0 radical (unpaired) electrons. The number of nitrogens with one attached hydrogen (secondary N) is 2. The van der Waals surface area contributed by atoms with Gasteiger partial charge in [0.1, 0.15) is 6.04 Å². The van der Waals surface area contributed by atoms with E-state index in [-0.39, 0.29) is 23.8 Å². The van der Waals surface area contributed by atoms with Crippen molar-refractivity contribution < 1.29 is 19.5 Å². The summed E-state index contributed by atoms with van der Waals surface area (Å²) in [6, 6.07) is -1.04. The number of rotatable bonds is 7. The van der Waals surface area contributed by atoms with Gasteiger partial charge in [0, 0.05) is 19.6 Å². The fourth-order valence-corrected chi connectivity index (χ4v) is 2.73. The number of carboxylic acids is 1. The highest BCUT2D eigenvalue weighted by molar-refractivity contribution is 5.86. The first-order valence-corrected chi connectivity index (χ1v) is 8.82. The van der Waals surface area contributed by atoms with Crippen molar-refractivity contribution in [2.45, 2.75) is 53.0 Å². The highest BCUT2D eigenvalue weighted by Crippen LogP contribution is 2.18. The third-order valence-electron chi connectivity index (χ3n) is 4.52. The molecule has 1 aliphatic heterocycles. The molecule has 1 unspecified atom stereocenters. The third kappa shape index (κ3) is 6.02. The number of amides is 3. The first-order valence-electron chi connectivity index (χ1n) is 8.82. The smallest absolute Gasteiger partial charge is 0.326 e. The average Bonchev–Trinajstić information content (AvgIpc) is 2.56. The van der Waals surface area contributed by atoms with Crippen molar-refractivity contribution in [1.29, 1.82) is 0 Å². The molecule has 7 nitrogen and oxygen atoms in total. The molecule has 1 saturated heterocycles. The van der Waals surface area contributed by atoms with Gasteiger partial charge in [0.2, 0.25) is 5.91 Å². The molecule has 1 heterocycles. The number of aliphatic carboxylic acids is 1. The van der Waals surface area contributed by atoms with E-state index in [0.717, 1.165) is 6.42 Å². The van der Waals surface area contributed by atoms with Crippen LogP contribution < -0.4 is 10.6 Å². The van der Waals surface area contributed by atoms with E-state index in [2.05, 4.69) is 10.6 Å². The zero-order chi connectivity index (χ0) is 18.3. The number of urea groups is 1. The summed E-state index contributed by atoms with van der Waals surface area (Å²) in [5.74, 6) is -1.41. The van der Waals surface area contributed by atoms with Crippen molar-refractivity contribution in [2.75, 3.05) is 19.6 Å². The van der Waals surface area contributed by atoms with Gasteiger partial charge in [0.05, 0.1) is 5.92 Å². The van der Waals surface area contributed by atoms with Gasteiger partial charge in [-0.3, -0.25) is 4.79 Å². The van der Waals surface area contributed by atoms with Crippen molar-refractivity contribution >= 4 is 17.9 Å². The summed E-state index contributed by atoms with van der Waals surface area (Å²) in [7, 11) is 0. The van der Waals surface area contributed by atoms with Crippen LogP contribution in [0.5, 0.6) is 0 Å². The van der Waals surface area contributed by atoms with E-state index in [9.17, 15) is 19.5 Å². The molecule has 0 spiro atoms. The van der Waals surface area contributed by atoms with Crippen LogP contribution in [0.15, 0.2) is 0 Å². The van der Waals surface area contributed by atoms with Gasteiger partial charge in [0.15, 0.2) is 0 Å². The van der Waals surface area contributed by atoms with Gasteiger partial charge in [-0.1, -0.05) is 34.1 Å². The van der Waals surface area contributed by atoms with Crippen molar-refractivity contribution in [3.8, 4) is 0 Å². The topological polar surface area (TPSA) is 98.7 Å². The van der Waals surface area contributed by atoms with Crippen molar-refractivity contribution in [2.24, 2.45) is 17.8 Å². The van der Waals surface area contributed by atoms with Gasteiger partial charge in [-0.05, 0) is 24.7 Å². The van der Waals surface area contributed by atoms with Gasteiger partial charge in [-0.25, -0.2) is 9.59 Å². The van der Waals surface area contributed by atoms with Crippen LogP contribution in [0.25, 0.3) is 0 Å². The standard InChI is InChI=1S/C17H31N3O4/c1-5-12(4)14(16(22)23)19-15(21)13-7-6-8-20(10-13)17(24)18-9-11(2)3/h11-14H,5-10H2,1-4H3,(H,18,24)(H,19,21)(H,22,23)/t12-,13?,14-/m0/s1. The molecule has 3 atom stereocenters. The van der Waals surface area contributed by atoms with Gasteiger partial charge in [-0.15, -0.1) is 0 Å². The summed E-state index contributed by atoms with van der Waals surface area (Å²) in [6.45, 7) is 9.31. The summed E-state index contributed by atoms with van der Waals surface area (Å²) in [5, 5.41) is 14.8. The lowest BCUT2D eigenvalue weighted by Crippen LogP contribution is -2.52. The molecule has 0 aliphatic carbocycles. The number of carbonyl (C=O) groups excluding carboxylic acids is 2. The fourth-order valence-electron chi connectivity index (χ4n) is 2.73. The second-order valence-corrected chi connectivity index (χ2v) is 7.08. The van der Waals surface area contributed by atoms with Crippen molar-refractivity contribution in [3.63, 3.8) is 0 Å². The van der Waals surface area contributed by atoms with E-state index in [0.29, 0.717) is 38.4 Å². The van der Waals surface area contributed by atoms with Gasteiger partial charge < -0.3 is 20.6 Å². The predicted octanol–water partition coefficient (Wildman–Crippen LogP) is 1.68. The molecule has 0 aromatic rings. The minimum Gasteiger partial charge on any atom is -0.480 e. The largest absolute Gasteiger partial charge is 0.480 e. The normalized spacial score (nSPS) is 20.4. The maximum atomic E-state index is 12.4. The Morgan fingerprint density at radius 2 is 1.92 bits per heavy atom. The molecule has 3 N–H and O–H groups in total. The monoisotopic (exact) mass is 341 g/mol. The number of hydrogen-bond donors (Lipinski definition) is 3. The Morgan fingerprint density at radius 1 is 1.25 bits per heavy atom. The predicted molar refractivity (Wildman–Crippen MR) is 91.6 cm³/mol. The first-order chi connectivity index (χ1) is 11.3. The average molecular weight is 341 g/mol. The van der Waals surface area contributed by atoms with Crippen LogP contribution in [-0.2, 0) is 9.59 Å². The van der Waals surface area contributed by atoms with E-state index < -0.39 is 12.0 Å². The maximum Gasteiger partial charge on any atom is 0.326 e. The highest BCUT2D eigenvalue weighted by Gasteiger charge is 2.32. The van der Waals surface area contributed by atoms with Crippen molar-refractivity contribution in [3.05, 3.63) is 0 Å². The Hall–Kier alpha value is -1.79. The molecule has 0 aromatic carbocycles. The summed E-state index contributed by atoms with van der Waals surface area (Å²) in [5.41, 5.74) is 0. The lowest BCUT2D eigenvalue weighted by atomic mass is 9.94. The Morgan fingerprint density at radius 3 is 2.46 bits per heavy atom. The van der Waals surface area contributed by atoms with Crippen molar-refractivity contribution in [1.82, 2.24) is 15.5 Å². The van der Waals surface area contributed by atoms with Crippen LogP contribution in [0, 0.1) is 17.8 Å². The van der Waals surface area contributed by atoms with Crippen LogP contribution in [0.2, 0.25) is 0 Å². The van der Waals surface area contributed by atoms with Crippen LogP contribution in [-0.4, -0.2) is 53.6 Å². The molecule has 1 rings (SSSR count). The van der Waals surface area contributed by atoms with Crippen LogP contribution in [0.4, 0.5) is 4.79 Å². The lowest BCUT2D eigenvalue weighted by Gasteiger charge is -2.33. The molecule has 0 bridgehead atoms. The zero-order valence-corrected chi connectivity index (χ0v) is 15.2. The number of likely N-dealkylation sites (tertiary alicyclic amines) is 1. The number of piperidine rings is 1. The third-order valence-corrected chi connectivity index (χ3v) is 4.52. The number of carbonyl (C=O) groups is 3. The number of nitrogens with zero attached hydrogens (tertiary/aromatic N) is 1. The lowest BCUT2D eigenvalue weighted by molar-refractivity contribution is -0.144. The molecule has 1 aliphatic rings. The fraction of sp³-hybridized carbons (Fsp3) is 0.824. The summed E-state index contributed by atoms with van der Waals surface area (Å²) >= 11 is 0. The maximum absolute atomic E-state index is 12.4.